The van der Waals surface area contributed by atoms with Crippen LogP contribution in [0.3, 0.4) is 0 Å². The molecule has 2 N–H and O–H groups in total. The third-order valence-electron chi connectivity index (χ3n) is 3.23. The van der Waals surface area contributed by atoms with Crippen LogP contribution < -0.4 is 5.73 Å². The van der Waals surface area contributed by atoms with Crippen molar-refractivity contribution in [3.05, 3.63) is 12.2 Å². The van der Waals surface area contributed by atoms with E-state index in [1.54, 1.807) is 0 Å². The number of carbonyl (C=O) groups is 1. The highest BCUT2D eigenvalue weighted by atomic mass is 16.2. The van der Waals surface area contributed by atoms with Crippen LogP contribution in [0, 0.1) is 5.92 Å². The molecule has 1 atom stereocenters. The first kappa shape index (κ1) is 17.2. The fourth-order valence-electron chi connectivity index (χ4n) is 2.26. The van der Waals surface area contributed by atoms with E-state index in [1.165, 1.54) is 12.8 Å². The molecule has 18 heavy (non-hydrogen) atoms. The molecule has 0 radical (unpaired) electrons. The number of rotatable bonds is 10. The fraction of sp³-hybridized carbons (Fsp3) is 0.800. The largest absolute Gasteiger partial charge is 0.339 e. The summed E-state index contributed by atoms with van der Waals surface area (Å²) in [5.74, 6) is 0.853. The molecule has 1 unspecified atom stereocenters. The standard InChI is InChI=1S/C15H30N2O/c1-5-7-14(10-11-16)8-9-15(18)17(6-2)12-13(3)4/h14H,3,5-12,16H2,1-2,4H3. The van der Waals surface area contributed by atoms with Crippen molar-refractivity contribution in [3.63, 3.8) is 0 Å². The summed E-state index contributed by atoms with van der Waals surface area (Å²) in [6.07, 6.45) is 5.00. The van der Waals surface area contributed by atoms with Crippen molar-refractivity contribution < 1.29 is 4.79 Å². The zero-order chi connectivity index (χ0) is 14.0. The van der Waals surface area contributed by atoms with E-state index in [2.05, 4.69) is 13.5 Å². The summed E-state index contributed by atoms with van der Waals surface area (Å²) in [6, 6.07) is 0. The van der Waals surface area contributed by atoms with Crippen molar-refractivity contribution >= 4 is 5.91 Å². The predicted octanol–water partition coefficient (Wildman–Crippen LogP) is 2.96. The topological polar surface area (TPSA) is 46.3 Å². The summed E-state index contributed by atoms with van der Waals surface area (Å²) >= 11 is 0. The summed E-state index contributed by atoms with van der Waals surface area (Å²) < 4.78 is 0. The third-order valence-corrected chi connectivity index (χ3v) is 3.23. The van der Waals surface area contributed by atoms with Crippen molar-refractivity contribution in [2.45, 2.75) is 52.9 Å². The smallest absolute Gasteiger partial charge is 0.222 e. The van der Waals surface area contributed by atoms with Gasteiger partial charge < -0.3 is 10.6 Å². The van der Waals surface area contributed by atoms with Gasteiger partial charge in [-0.15, -0.1) is 0 Å². The lowest BCUT2D eigenvalue weighted by molar-refractivity contribution is -0.130. The van der Waals surface area contributed by atoms with E-state index in [0.717, 1.165) is 31.5 Å². The van der Waals surface area contributed by atoms with E-state index in [1.807, 2.05) is 18.7 Å². The van der Waals surface area contributed by atoms with Crippen LogP contribution in [0.1, 0.15) is 52.9 Å². The molecule has 1 amide bonds. The summed E-state index contributed by atoms with van der Waals surface area (Å²) in [4.78, 5) is 14.0. The van der Waals surface area contributed by atoms with Crippen molar-refractivity contribution in [2.24, 2.45) is 11.7 Å². The van der Waals surface area contributed by atoms with Gasteiger partial charge in [0.1, 0.15) is 0 Å². The highest BCUT2D eigenvalue weighted by Gasteiger charge is 2.14. The Balaban J connectivity index is 4.14. The van der Waals surface area contributed by atoms with Crippen LogP contribution in [0.5, 0.6) is 0 Å². The summed E-state index contributed by atoms with van der Waals surface area (Å²) in [5.41, 5.74) is 6.65. The normalized spacial score (nSPS) is 12.2. The maximum Gasteiger partial charge on any atom is 0.222 e. The minimum Gasteiger partial charge on any atom is -0.339 e. The molecule has 0 aromatic heterocycles. The molecule has 0 aliphatic heterocycles. The van der Waals surface area contributed by atoms with E-state index in [0.29, 0.717) is 18.9 Å². The Morgan fingerprint density at radius 3 is 2.39 bits per heavy atom. The van der Waals surface area contributed by atoms with Crippen LogP contribution in [0.15, 0.2) is 12.2 Å². The lowest BCUT2D eigenvalue weighted by Crippen LogP contribution is -2.32. The predicted molar refractivity (Wildman–Crippen MR) is 78.4 cm³/mol. The highest BCUT2D eigenvalue weighted by molar-refractivity contribution is 5.76. The van der Waals surface area contributed by atoms with Gasteiger partial charge in [-0.3, -0.25) is 4.79 Å². The van der Waals surface area contributed by atoms with Crippen LogP contribution >= 0.6 is 0 Å². The van der Waals surface area contributed by atoms with Crippen LogP contribution in [-0.4, -0.2) is 30.4 Å². The lowest BCUT2D eigenvalue weighted by Gasteiger charge is -2.22. The van der Waals surface area contributed by atoms with Crippen LogP contribution in [0.25, 0.3) is 0 Å². The van der Waals surface area contributed by atoms with Crippen molar-refractivity contribution in [1.82, 2.24) is 4.90 Å². The Kier molecular flexibility index (Phi) is 9.66. The van der Waals surface area contributed by atoms with Crippen LogP contribution in [0.4, 0.5) is 0 Å². The van der Waals surface area contributed by atoms with Gasteiger partial charge in [0.05, 0.1) is 0 Å². The molecule has 0 aliphatic rings. The molecule has 0 fully saturated rings. The first-order valence-electron chi connectivity index (χ1n) is 7.17. The second kappa shape index (κ2) is 10.1. The molecular weight excluding hydrogens is 224 g/mol. The van der Waals surface area contributed by atoms with Crippen LogP contribution in [0.2, 0.25) is 0 Å². The second-order valence-corrected chi connectivity index (χ2v) is 5.14. The van der Waals surface area contributed by atoms with Gasteiger partial charge >= 0.3 is 0 Å². The highest BCUT2D eigenvalue weighted by Crippen LogP contribution is 2.17. The minimum atomic E-state index is 0.249. The number of nitrogens with two attached hydrogens (primary N) is 1. The summed E-state index contributed by atoms with van der Waals surface area (Å²) in [6.45, 7) is 12.2. The Hall–Kier alpha value is -0.830. The van der Waals surface area contributed by atoms with Gasteiger partial charge in [0.2, 0.25) is 5.91 Å². The number of hydrogen-bond donors (Lipinski definition) is 1. The number of amides is 1. The maximum absolute atomic E-state index is 12.1. The third kappa shape index (κ3) is 7.49. The van der Waals surface area contributed by atoms with Crippen molar-refractivity contribution in [3.8, 4) is 0 Å². The van der Waals surface area contributed by atoms with Crippen molar-refractivity contribution in [2.75, 3.05) is 19.6 Å². The van der Waals surface area contributed by atoms with Gasteiger partial charge in [0.15, 0.2) is 0 Å². The zero-order valence-electron chi connectivity index (χ0n) is 12.4. The summed E-state index contributed by atoms with van der Waals surface area (Å²) in [5, 5.41) is 0. The molecule has 0 saturated heterocycles. The monoisotopic (exact) mass is 254 g/mol. The van der Waals surface area contributed by atoms with Crippen LogP contribution in [-0.2, 0) is 4.79 Å². The SMILES string of the molecule is C=C(C)CN(CC)C(=O)CCC(CCC)CCN. The molecule has 3 heteroatoms. The number of carbonyl (C=O) groups excluding carboxylic acids is 1. The van der Waals surface area contributed by atoms with E-state index in [-0.39, 0.29) is 5.91 Å². The first-order valence-corrected chi connectivity index (χ1v) is 7.17. The van der Waals surface area contributed by atoms with Gasteiger partial charge in [0.25, 0.3) is 0 Å². The van der Waals surface area contributed by atoms with E-state index in [9.17, 15) is 4.79 Å². The van der Waals surface area contributed by atoms with Gasteiger partial charge in [-0.05, 0) is 39.2 Å². The fourth-order valence-corrected chi connectivity index (χ4v) is 2.26. The average molecular weight is 254 g/mol. The van der Waals surface area contributed by atoms with Crippen molar-refractivity contribution in [1.29, 1.82) is 0 Å². The minimum absolute atomic E-state index is 0.249. The molecule has 0 aromatic carbocycles. The Morgan fingerprint density at radius 1 is 1.28 bits per heavy atom. The van der Waals surface area contributed by atoms with Gasteiger partial charge in [-0.1, -0.05) is 31.9 Å². The molecule has 0 spiro atoms. The molecule has 0 aliphatic carbocycles. The Bertz CT molecular complexity index is 245. The average Bonchev–Trinajstić information content (AvgIpc) is 2.33. The molecule has 0 bridgehead atoms. The Morgan fingerprint density at radius 2 is 1.94 bits per heavy atom. The number of nitrogens with zero attached hydrogens (tertiary/aromatic N) is 1. The molecule has 106 valence electrons. The quantitative estimate of drug-likeness (QED) is 0.609. The number of likely N-dealkylation sites (N-methyl/N-ethyl adjacent to an activating group) is 1. The molecule has 3 nitrogen and oxygen atoms in total. The molecule has 0 heterocycles. The Labute approximate surface area is 112 Å². The van der Waals surface area contributed by atoms with Gasteiger partial charge in [-0.25, -0.2) is 0 Å². The maximum atomic E-state index is 12.1. The summed E-state index contributed by atoms with van der Waals surface area (Å²) in [7, 11) is 0. The van der Waals surface area contributed by atoms with Gasteiger partial charge in [0, 0.05) is 19.5 Å². The second-order valence-electron chi connectivity index (χ2n) is 5.14. The number of hydrogen-bond acceptors (Lipinski definition) is 2. The van der Waals surface area contributed by atoms with E-state index in [4.69, 9.17) is 5.73 Å². The zero-order valence-corrected chi connectivity index (χ0v) is 12.4. The molecule has 0 rings (SSSR count). The lowest BCUT2D eigenvalue weighted by atomic mass is 9.94. The van der Waals surface area contributed by atoms with Gasteiger partial charge in [-0.2, -0.15) is 0 Å². The molecule has 0 aromatic rings. The molecule has 0 saturated carbocycles. The molecular formula is C15H30N2O. The van der Waals surface area contributed by atoms with E-state index < -0.39 is 0 Å². The van der Waals surface area contributed by atoms with E-state index >= 15 is 0 Å². The first-order chi connectivity index (χ1) is 8.54.